The molecule has 1 atom stereocenters. The molecule has 1 aromatic rings. The highest BCUT2D eigenvalue weighted by molar-refractivity contribution is 5.85. The van der Waals surface area contributed by atoms with Gasteiger partial charge in [-0.2, -0.15) is 0 Å². The Labute approximate surface area is 107 Å². The maximum Gasteiger partial charge on any atom is 0.354 e. The average molecular weight is 249 g/mol. The number of likely N-dealkylation sites (tertiary alicyclic amines) is 1. The van der Waals surface area contributed by atoms with E-state index in [9.17, 15) is 4.79 Å². The van der Waals surface area contributed by atoms with Crippen molar-refractivity contribution in [3.05, 3.63) is 29.6 Å². The Morgan fingerprint density at radius 2 is 2.44 bits per heavy atom. The molecule has 0 radical (unpaired) electrons. The van der Waals surface area contributed by atoms with E-state index in [-0.39, 0.29) is 5.69 Å². The Kier molecular flexibility index (Phi) is 4.28. The summed E-state index contributed by atoms with van der Waals surface area (Å²) in [6.45, 7) is 3.89. The first-order valence-corrected chi connectivity index (χ1v) is 6.23. The van der Waals surface area contributed by atoms with E-state index in [0.717, 1.165) is 18.8 Å². The quantitative estimate of drug-likeness (QED) is 0.809. The molecule has 0 aliphatic carbocycles. The van der Waals surface area contributed by atoms with Crippen molar-refractivity contribution in [3.63, 3.8) is 0 Å². The lowest BCUT2D eigenvalue weighted by Gasteiger charge is -2.11. The van der Waals surface area contributed by atoms with Crippen molar-refractivity contribution in [2.75, 3.05) is 26.7 Å². The second-order valence-corrected chi connectivity index (χ2v) is 4.87. The molecular formula is C13H19N3O2. The first-order valence-electron chi connectivity index (χ1n) is 6.23. The molecule has 1 aromatic heterocycles. The van der Waals surface area contributed by atoms with Crippen molar-refractivity contribution in [2.24, 2.45) is 5.92 Å². The van der Waals surface area contributed by atoms with E-state index >= 15 is 0 Å². The third kappa shape index (κ3) is 3.51. The van der Waals surface area contributed by atoms with E-state index in [1.54, 1.807) is 6.07 Å². The van der Waals surface area contributed by atoms with Crippen LogP contribution < -0.4 is 5.32 Å². The Bertz CT molecular complexity index is 422. The van der Waals surface area contributed by atoms with Crippen LogP contribution in [0, 0.1) is 5.92 Å². The fourth-order valence-corrected chi connectivity index (χ4v) is 2.29. The number of hydrogen-bond donors (Lipinski definition) is 2. The number of carboxylic acid groups (broad SMARTS) is 1. The maximum absolute atomic E-state index is 10.8. The number of hydrogen-bond acceptors (Lipinski definition) is 4. The molecule has 5 heteroatoms. The number of aromatic nitrogens is 1. The van der Waals surface area contributed by atoms with Crippen molar-refractivity contribution in [3.8, 4) is 0 Å². The molecule has 5 nitrogen and oxygen atoms in total. The average Bonchev–Trinajstić information content (AvgIpc) is 2.75. The summed E-state index contributed by atoms with van der Waals surface area (Å²) in [6.07, 6.45) is 1.23. The molecule has 1 aliphatic heterocycles. The lowest BCUT2D eigenvalue weighted by Crippen LogP contribution is -2.25. The van der Waals surface area contributed by atoms with Gasteiger partial charge in [-0.1, -0.05) is 6.07 Å². The van der Waals surface area contributed by atoms with E-state index in [1.165, 1.54) is 19.0 Å². The number of nitrogens with zero attached hydrogens (tertiary/aromatic N) is 2. The molecule has 2 heterocycles. The van der Waals surface area contributed by atoms with E-state index in [0.29, 0.717) is 12.5 Å². The zero-order valence-electron chi connectivity index (χ0n) is 10.6. The van der Waals surface area contributed by atoms with Crippen LogP contribution in [0.4, 0.5) is 0 Å². The van der Waals surface area contributed by atoms with Gasteiger partial charge in [0.1, 0.15) is 5.69 Å². The van der Waals surface area contributed by atoms with Gasteiger partial charge in [0.2, 0.25) is 0 Å². The van der Waals surface area contributed by atoms with Crippen LogP contribution in [0.25, 0.3) is 0 Å². The summed E-state index contributed by atoms with van der Waals surface area (Å²) in [5, 5.41) is 12.2. The molecule has 0 saturated carbocycles. The summed E-state index contributed by atoms with van der Waals surface area (Å²) < 4.78 is 0. The molecule has 1 aliphatic rings. The Morgan fingerprint density at radius 1 is 1.61 bits per heavy atom. The van der Waals surface area contributed by atoms with Crippen LogP contribution in [0.2, 0.25) is 0 Å². The number of nitrogens with one attached hydrogen (secondary N) is 1. The highest BCUT2D eigenvalue weighted by Gasteiger charge is 2.18. The first kappa shape index (κ1) is 13.0. The molecule has 1 saturated heterocycles. The van der Waals surface area contributed by atoms with Crippen LogP contribution in [-0.4, -0.2) is 47.6 Å². The summed E-state index contributed by atoms with van der Waals surface area (Å²) in [5.41, 5.74) is 0.885. The van der Waals surface area contributed by atoms with Crippen LogP contribution in [0.3, 0.4) is 0 Å². The van der Waals surface area contributed by atoms with Crippen LogP contribution in [0.5, 0.6) is 0 Å². The Morgan fingerprint density at radius 3 is 3.11 bits per heavy atom. The molecule has 2 rings (SSSR count). The summed E-state index contributed by atoms with van der Waals surface area (Å²) in [5.74, 6) is -0.285. The van der Waals surface area contributed by atoms with Gasteiger partial charge in [-0.05, 0) is 44.6 Å². The Hall–Kier alpha value is -1.46. The predicted molar refractivity (Wildman–Crippen MR) is 68.5 cm³/mol. The van der Waals surface area contributed by atoms with Crippen molar-refractivity contribution < 1.29 is 9.90 Å². The van der Waals surface area contributed by atoms with Gasteiger partial charge in [-0.25, -0.2) is 9.78 Å². The largest absolute Gasteiger partial charge is 0.477 e. The molecule has 0 amide bonds. The van der Waals surface area contributed by atoms with Gasteiger partial charge in [0.25, 0.3) is 0 Å². The van der Waals surface area contributed by atoms with Gasteiger partial charge in [-0.3, -0.25) is 0 Å². The van der Waals surface area contributed by atoms with Gasteiger partial charge in [0.05, 0.1) is 5.69 Å². The fraction of sp³-hybridized carbons (Fsp3) is 0.538. The molecule has 1 fully saturated rings. The monoisotopic (exact) mass is 249 g/mol. The number of pyridine rings is 1. The summed E-state index contributed by atoms with van der Waals surface area (Å²) in [6, 6.07) is 5.09. The smallest absolute Gasteiger partial charge is 0.354 e. The summed E-state index contributed by atoms with van der Waals surface area (Å²) >= 11 is 0. The molecule has 2 N–H and O–H groups in total. The minimum atomic E-state index is -0.978. The topological polar surface area (TPSA) is 65.5 Å². The van der Waals surface area contributed by atoms with Crippen molar-refractivity contribution in [2.45, 2.75) is 13.0 Å². The van der Waals surface area contributed by atoms with Crippen LogP contribution >= 0.6 is 0 Å². The number of rotatable bonds is 5. The molecule has 98 valence electrons. The standard InChI is InChI=1S/C13H19N3O2/c1-16-6-5-10(9-16)7-14-8-11-3-2-4-12(15-11)13(17)18/h2-4,10,14H,5-9H2,1H3,(H,17,18). The minimum absolute atomic E-state index is 0.106. The zero-order valence-corrected chi connectivity index (χ0v) is 10.6. The SMILES string of the molecule is CN1CCC(CNCc2cccc(C(=O)O)n2)C1. The van der Waals surface area contributed by atoms with E-state index in [1.807, 2.05) is 6.07 Å². The minimum Gasteiger partial charge on any atom is -0.477 e. The van der Waals surface area contributed by atoms with Gasteiger partial charge in [-0.15, -0.1) is 0 Å². The fourth-order valence-electron chi connectivity index (χ4n) is 2.29. The third-order valence-electron chi connectivity index (χ3n) is 3.25. The highest BCUT2D eigenvalue weighted by Crippen LogP contribution is 2.12. The van der Waals surface area contributed by atoms with E-state index in [4.69, 9.17) is 5.11 Å². The molecule has 18 heavy (non-hydrogen) atoms. The number of carboxylic acids is 1. The van der Waals surface area contributed by atoms with Crippen LogP contribution in [-0.2, 0) is 6.54 Å². The first-order chi connectivity index (χ1) is 8.65. The van der Waals surface area contributed by atoms with Crippen LogP contribution in [0.1, 0.15) is 22.6 Å². The lowest BCUT2D eigenvalue weighted by molar-refractivity contribution is 0.0690. The molecule has 0 aromatic carbocycles. The van der Waals surface area contributed by atoms with Crippen LogP contribution in [0.15, 0.2) is 18.2 Å². The van der Waals surface area contributed by atoms with Crippen molar-refractivity contribution in [1.82, 2.24) is 15.2 Å². The maximum atomic E-state index is 10.8. The molecular weight excluding hydrogens is 230 g/mol. The Balaban J connectivity index is 1.79. The summed E-state index contributed by atoms with van der Waals surface area (Å²) in [7, 11) is 2.14. The molecule has 1 unspecified atom stereocenters. The normalized spacial score (nSPS) is 20.2. The van der Waals surface area contributed by atoms with Gasteiger partial charge in [0.15, 0.2) is 0 Å². The van der Waals surface area contributed by atoms with Gasteiger partial charge < -0.3 is 15.3 Å². The van der Waals surface area contributed by atoms with Gasteiger partial charge in [0, 0.05) is 13.1 Å². The molecule has 0 bridgehead atoms. The van der Waals surface area contributed by atoms with Crippen molar-refractivity contribution in [1.29, 1.82) is 0 Å². The second-order valence-electron chi connectivity index (χ2n) is 4.87. The molecule has 0 spiro atoms. The third-order valence-corrected chi connectivity index (χ3v) is 3.25. The number of carbonyl (C=O) groups is 1. The highest BCUT2D eigenvalue weighted by atomic mass is 16.4. The summed E-state index contributed by atoms with van der Waals surface area (Å²) in [4.78, 5) is 17.2. The van der Waals surface area contributed by atoms with E-state index < -0.39 is 5.97 Å². The number of aromatic carboxylic acids is 1. The second kappa shape index (κ2) is 5.93. The van der Waals surface area contributed by atoms with E-state index in [2.05, 4.69) is 22.2 Å². The zero-order chi connectivity index (χ0) is 13.0. The predicted octanol–water partition coefficient (Wildman–Crippen LogP) is 0.821. The van der Waals surface area contributed by atoms with Crippen molar-refractivity contribution >= 4 is 5.97 Å². The van der Waals surface area contributed by atoms with Gasteiger partial charge >= 0.3 is 5.97 Å². The lowest BCUT2D eigenvalue weighted by atomic mass is 10.1.